The molecule has 3 rings (SSSR count). The Morgan fingerprint density at radius 1 is 0.931 bits per heavy atom. The van der Waals surface area contributed by atoms with E-state index in [0.29, 0.717) is 23.8 Å². The maximum atomic E-state index is 12.6. The van der Waals surface area contributed by atoms with E-state index in [-0.39, 0.29) is 11.6 Å². The molecule has 0 aliphatic heterocycles. The van der Waals surface area contributed by atoms with Crippen LogP contribution in [-0.4, -0.2) is 31.7 Å². The van der Waals surface area contributed by atoms with Crippen molar-refractivity contribution in [3.8, 4) is 17.2 Å². The van der Waals surface area contributed by atoms with Crippen LogP contribution in [0.15, 0.2) is 60.8 Å². The van der Waals surface area contributed by atoms with Gasteiger partial charge in [-0.3, -0.25) is 9.78 Å². The first-order valence-corrected chi connectivity index (χ1v) is 9.13. The Morgan fingerprint density at radius 3 is 2.48 bits per heavy atom. The van der Waals surface area contributed by atoms with Crippen LogP contribution in [0.4, 0.5) is 17.1 Å². The highest BCUT2D eigenvalue weighted by Gasteiger charge is 2.12. The number of carbonyl (C=O) groups is 1. The number of methoxy groups -OCH3 is 2. The van der Waals surface area contributed by atoms with Gasteiger partial charge in [0, 0.05) is 23.6 Å². The fraction of sp³-hybridized carbons (Fsp3) is 0.182. The smallest absolute Gasteiger partial charge is 0.274 e. The minimum atomic E-state index is -0.334. The molecule has 0 bridgehead atoms. The number of anilines is 3. The Bertz CT molecular complexity index is 991. The first-order chi connectivity index (χ1) is 14.1. The molecule has 0 aliphatic carbocycles. The zero-order valence-electron chi connectivity index (χ0n) is 16.6. The molecule has 0 saturated carbocycles. The highest BCUT2D eigenvalue weighted by atomic mass is 16.5. The van der Waals surface area contributed by atoms with Crippen LogP contribution in [0.25, 0.3) is 0 Å². The number of pyridine rings is 1. The Kier molecular flexibility index (Phi) is 6.52. The predicted molar refractivity (Wildman–Crippen MR) is 113 cm³/mol. The van der Waals surface area contributed by atoms with E-state index < -0.39 is 0 Å². The quantitative estimate of drug-likeness (QED) is 0.587. The van der Waals surface area contributed by atoms with Gasteiger partial charge in [-0.1, -0.05) is 12.1 Å². The van der Waals surface area contributed by atoms with Gasteiger partial charge in [-0.2, -0.15) is 0 Å². The molecule has 0 radical (unpaired) electrons. The summed E-state index contributed by atoms with van der Waals surface area (Å²) in [5.41, 5.74) is 2.39. The van der Waals surface area contributed by atoms with Gasteiger partial charge in [-0.15, -0.1) is 0 Å². The van der Waals surface area contributed by atoms with Crippen LogP contribution in [0, 0.1) is 0 Å². The summed E-state index contributed by atoms with van der Waals surface area (Å²) in [5.74, 6) is 1.52. The van der Waals surface area contributed by atoms with Gasteiger partial charge in [0.15, 0.2) is 11.5 Å². The van der Waals surface area contributed by atoms with Crippen molar-refractivity contribution in [2.75, 3.05) is 31.5 Å². The van der Waals surface area contributed by atoms with E-state index in [1.807, 2.05) is 31.2 Å². The molecular formula is C22H23N3O4. The fourth-order valence-electron chi connectivity index (χ4n) is 2.75. The Labute approximate surface area is 169 Å². The summed E-state index contributed by atoms with van der Waals surface area (Å²) in [7, 11) is 3.10. The lowest BCUT2D eigenvalue weighted by molar-refractivity contribution is 0.102. The number of hydrogen-bond acceptors (Lipinski definition) is 6. The van der Waals surface area contributed by atoms with Gasteiger partial charge in [0.2, 0.25) is 0 Å². The molecule has 2 N–H and O–H groups in total. The maximum absolute atomic E-state index is 12.6. The van der Waals surface area contributed by atoms with Crippen molar-refractivity contribution >= 4 is 23.0 Å². The lowest BCUT2D eigenvalue weighted by atomic mass is 10.2. The second kappa shape index (κ2) is 9.45. The summed E-state index contributed by atoms with van der Waals surface area (Å²) in [6.45, 7) is 2.49. The van der Waals surface area contributed by atoms with Crippen LogP contribution in [0.1, 0.15) is 17.4 Å². The molecule has 0 unspecified atom stereocenters. The third kappa shape index (κ3) is 4.95. The van der Waals surface area contributed by atoms with E-state index in [2.05, 4.69) is 15.6 Å². The lowest BCUT2D eigenvalue weighted by Crippen LogP contribution is -2.14. The summed E-state index contributed by atoms with van der Waals surface area (Å²) >= 11 is 0. The molecule has 7 heteroatoms. The lowest BCUT2D eigenvalue weighted by Gasteiger charge is -2.13. The van der Waals surface area contributed by atoms with Crippen molar-refractivity contribution in [1.82, 2.24) is 4.98 Å². The Hall–Kier alpha value is -3.74. The highest BCUT2D eigenvalue weighted by molar-refractivity contribution is 6.03. The minimum Gasteiger partial charge on any atom is -0.493 e. The standard InChI is InChI=1S/C22H23N3O4/c1-4-29-19-8-6-5-7-17(19)24-16-11-12-23-18(13-16)22(26)25-15-9-10-20(27-2)21(14-15)28-3/h5-14H,4H2,1-3H3,(H,23,24)(H,25,26). The van der Waals surface area contributed by atoms with Gasteiger partial charge in [0.25, 0.3) is 5.91 Å². The van der Waals surface area contributed by atoms with Gasteiger partial charge < -0.3 is 24.8 Å². The summed E-state index contributed by atoms with van der Waals surface area (Å²) < 4.78 is 16.1. The highest BCUT2D eigenvalue weighted by Crippen LogP contribution is 2.30. The molecule has 0 atom stereocenters. The summed E-state index contributed by atoms with van der Waals surface area (Å²) in [5, 5.41) is 6.09. The molecular weight excluding hydrogens is 370 g/mol. The van der Waals surface area contributed by atoms with Gasteiger partial charge >= 0.3 is 0 Å². The number of nitrogens with one attached hydrogen (secondary N) is 2. The van der Waals surface area contributed by atoms with Crippen LogP contribution in [-0.2, 0) is 0 Å². The normalized spacial score (nSPS) is 10.2. The second-order valence-corrected chi connectivity index (χ2v) is 6.01. The van der Waals surface area contributed by atoms with Crippen molar-refractivity contribution in [1.29, 1.82) is 0 Å². The minimum absolute atomic E-state index is 0.277. The number of amides is 1. The van der Waals surface area contributed by atoms with Crippen LogP contribution in [0.2, 0.25) is 0 Å². The van der Waals surface area contributed by atoms with Crippen LogP contribution in [0.5, 0.6) is 17.2 Å². The molecule has 150 valence electrons. The Morgan fingerprint density at radius 2 is 1.72 bits per heavy atom. The third-order valence-corrected chi connectivity index (χ3v) is 4.10. The van der Waals surface area contributed by atoms with Crippen molar-refractivity contribution in [2.24, 2.45) is 0 Å². The van der Waals surface area contributed by atoms with Gasteiger partial charge in [-0.05, 0) is 43.3 Å². The van der Waals surface area contributed by atoms with E-state index >= 15 is 0 Å². The van der Waals surface area contributed by atoms with Gasteiger partial charge in [0.05, 0.1) is 26.5 Å². The molecule has 1 amide bonds. The van der Waals surface area contributed by atoms with E-state index in [9.17, 15) is 4.79 Å². The average molecular weight is 393 g/mol. The fourth-order valence-corrected chi connectivity index (χ4v) is 2.75. The van der Waals surface area contributed by atoms with E-state index in [0.717, 1.165) is 17.1 Å². The summed E-state index contributed by atoms with van der Waals surface area (Å²) in [6.07, 6.45) is 1.58. The number of benzene rings is 2. The number of rotatable bonds is 8. The molecule has 2 aromatic carbocycles. The number of aromatic nitrogens is 1. The molecule has 7 nitrogen and oxygen atoms in total. The number of hydrogen-bond donors (Lipinski definition) is 2. The zero-order valence-corrected chi connectivity index (χ0v) is 16.6. The number of para-hydroxylation sites is 2. The number of carbonyl (C=O) groups excluding carboxylic acids is 1. The van der Waals surface area contributed by atoms with E-state index in [1.165, 1.54) is 0 Å². The van der Waals surface area contributed by atoms with Crippen LogP contribution >= 0.6 is 0 Å². The van der Waals surface area contributed by atoms with Gasteiger partial charge in [0.1, 0.15) is 11.4 Å². The predicted octanol–water partition coefficient (Wildman–Crippen LogP) is 4.49. The van der Waals surface area contributed by atoms with Crippen molar-refractivity contribution in [2.45, 2.75) is 6.92 Å². The molecule has 1 heterocycles. The molecule has 29 heavy (non-hydrogen) atoms. The Balaban J connectivity index is 1.76. The average Bonchev–Trinajstić information content (AvgIpc) is 2.75. The second-order valence-electron chi connectivity index (χ2n) is 6.01. The first-order valence-electron chi connectivity index (χ1n) is 9.13. The van der Waals surface area contributed by atoms with Crippen molar-refractivity contribution < 1.29 is 19.0 Å². The third-order valence-electron chi connectivity index (χ3n) is 4.10. The van der Waals surface area contributed by atoms with Crippen LogP contribution < -0.4 is 24.8 Å². The van der Waals surface area contributed by atoms with Crippen LogP contribution in [0.3, 0.4) is 0 Å². The summed E-state index contributed by atoms with van der Waals surface area (Å²) in [6, 6.07) is 16.2. The number of nitrogens with zero attached hydrogens (tertiary/aromatic N) is 1. The van der Waals surface area contributed by atoms with E-state index in [4.69, 9.17) is 14.2 Å². The molecule has 0 fully saturated rings. The molecule has 1 aromatic heterocycles. The molecule has 3 aromatic rings. The molecule has 0 spiro atoms. The SMILES string of the molecule is CCOc1ccccc1Nc1ccnc(C(=O)Nc2ccc(OC)c(OC)c2)c1. The van der Waals surface area contributed by atoms with E-state index in [1.54, 1.807) is 50.7 Å². The first kappa shape index (κ1) is 20.0. The topological polar surface area (TPSA) is 81.7 Å². The van der Waals surface area contributed by atoms with Crippen molar-refractivity contribution in [3.05, 3.63) is 66.5 Å². The molecule has 0 aliphatic rings. The van der Waals surface area contributed by atoms with Gasteiger partial charge in [-0.25, -0.2) is 0 Å². The summed E-state index contributed by atoms with van der Waals surface area (Å²) in [4.78, 5) is 16.8. The number of ether oxygens (including phenoxy) is 3. The van der Waals surface area contributed by atoms with Crippen molar-refractivity contribution in [3.63, 3.8) is 0 Å². The molecule has 0 saturated heterocycles. The largest absolute Gasteiger partial charge is 0.493 e. The maximum Gasteiger partial charge on any atom is 0.274 e. The monoisotopic (exact) mass is 393 g/mol. The zero-order chi connectivity index (χ0) is 20.6.